The highest BCUT2D eigenvalue weighted by atomic mass is 16.1. The second-order valence-electron chi connectivity index (χ2n) is 6.68. The maximum absolute atomic E-state index is 12.3. The summed E-state index contributed by atoms with van der Waals surface area (Å²) in [5.41, 5.74) is 5.73. The number of rotatable bonds is 6. The van der Waals surface area contributed by atoms with Crippen LogP contribution in [-0.4, -0.2) is 25.9 Å². The third-order valence-corrected chi connectivity index (χ3v) is 4.56. The van der Waals surface area contributed by atoms with E-state index in [2.05, 4.69) is 50.9 Å². The van der Waals surface area contributed by atoms with Crippen molar-refractivity contribution in [1.82, 2.24) is 25.3 Å². The molecule has 2 aromatic carbocycles. The molecule has 1 amide bonds. The Balaban J connectivity index is 1.48. The van der Waals surface area contributed by atoms with Gasteiger partial charge >= 0.3 is 0 Å². The summed E-state index contributed by atoms with van der Waals surface area (Å²) in [4.78, 5) is 12.3. The summed E-state index contributed by atoms with van der Waals surface area (Å²) in [7, 11) is 0. The van der Waals surface area contributed by atoms with Crippen LogP contribution in [0.2, 0.25) is 0 Å². The average Bonchev–Trinajstić information content (AvgIpc) is 3.39. The van der Waals surface area contributed by atoms with Crippen molar-refractivity contribution in [3.05, 3.63) is 95.6 Å². The van der Waals surface area contributed by atoms with E-state index in [1.807, 2.05) is 42.1 Å². The van der Waals surface area contributed by atoms with Crippen LogP contribution in [0.25, 0.3) is 11.1 Å². The Morgan fingerprint density at radius 2 is 1.93 bits per heavy atom. The maximum Gasteiger partial charge on any atom is 0.272 e. The number of nitrogens with one attached hydrogen (secondary N) is 2. The van der Waals surface area contributed by atoms with E-state index in [0.717, 1.165) is 28.9 Å². The molecule has 6 heteroatoms. The predicted octanol–water partition coefficient (Wildman–Crippen LogP) is 3.56. The molecule has 2 aromatic heterocycles. The van der Waals surface area contributed by atoms with Gasteiger partial charge in [0, 0.05) is 24.6 Å². The minimum absolute atomic E-state index is 0.186. The zero-order valence-electron chi connectivity index (χ0n) is 15.6. The standard InChI is InChI=1S/C22H21N5O/c1-16-13-21(26-25-16)22(28)23-14-19-5-2-3-6-20(19)18-9-7-17(8-10-18)15-27-12-4-11-24-27/h2-13H,14-15H2,1H3,(H,23,28)(H,25,26). The summed E-state index contributed by atoms with van der Waals surface area (Å²) in [6, 6.07) is 20.2. The lowest BCUT2D eigenvalue weighted by atomic mass is 9.98. The topological polar surface area (TPSA) is 75.6 Å². The number of hydrogen-bond donors (Lipinski definition) is 2. The zero-order chi connectivity index (χ0) is 19.3. The van der Waals surface area contributed by atoms with Gasteiger partial charge in [0.2, 0.25) is 0 Å². The van der Waals surface area contributed by atoms with Gasteiger partial charge < -0.3 is 5.32 Å². The van der Waals surface area contributed by atoms with Crippen molar-refractivity contribution in [2.24, 2.45) is 0 Å². The molecule has 0 aliphatic carbocycles. The van der Waals surface area contributed by atoms with Crippen LogP contribution in [0.4, 0.5) is 0 Å². The highest BCUT2D eigenvalue weighted by Gasteiger charge is 2.11. The van der Waals surface area contributed by atoms with Crippen LogP contribution < -0.4 is 5.32 Å². The number of amides is 1. The molecular formula is C22H21N5O. The Kier molecular flexibility index (Phi) is 5.01. The first kappa shape index (κ1) is 17.7. The number of nitrogens with zero attached hydrogens (tertiary/aromatic N) is 3. The molecule has 28 heavy (non-hydrogen) atoms. The first-order chi connectivity index (χ1) is 13.7. The van der Waals surface area contributed by atoms with Crippen molar-refractivity contribution >= 4 is 5.91 Å². The Morgan fingerprint density at radius 1 is 1.11 bits per heavy atom. The quantitative estimate of drug-likeness (QED) is 0.544. The smallest absolute Gasteiger partial charge is 0.272 e. The molecule has 6 nitrogen and oxygen atoms in total. The number of aryl methyl sites for hydroxylation is 1. The lowest BCUT2D eigenvalue weighted by Gasteiger charge is -2.11. The summed E-state index contributed by atoms with van der Waals surface area (Å²) in [5.74, 6) is -0.186. The van der Waals surface area contributed by atoms with Gasteiger partial charge in [-0.2, -0.15) is 10.2 Å². The summed E-state index contributed by atoms with van der Waals surface area (Å²) in [6.45, 7) is 3.05. The lowest BCUT2D eigenvalue weighted by Crippen LogP contribution is -2.23. The highest BCUT2D eigenvalue weighted by molar-refractivity contribution is 5.92. The normalized spacial score (nSPS) is 10.8. The number of aromatic nitrogens is 4. The molecule has 4 rings (SSSR count). The molecule has 2 heterocycles. The average molecular weight is 371 g/mol. The van der Waals surface area contributed by atoms with E-state index in [1.54, 1.807) is 12.3 Å². The molecule has 0 aliphatic heterocycles. The molecule has 0 saturated heterocycles. The van der Waals surface area contributed by atoms with Crippen LogP contribution in [0.5, 0.6) is 0 Å². The number of carbonyl (C=O) groups excluding carboxylic acids is 1. The number of carbonyl (C=O) groups is 1. The first-order valence-electron chi connectivity index (χ1n) is 9.14. The molecule has 4 aromatic rings. The van der Waals surface area contributed by atoms with Gasteiger partial charge in [0.15, 0.2) is 0 Å². The summed E-state index contributed by atoms with van der Waals surface area (Å²) in [6.07, 6.45) is 3.73. The van der Waals surface area contributed by atoms with Crippen molar-refractivity contribution in [3.8, 4) is 11.1 Å². The third kappa shape index (κ3) is 4.01. The first-order valence-corrected chi connectivity index (χ1v) is 9.14. The Hall–Kier alpha value is -3.67. The van der Waals surface area contributed by atoms with Crippen LogP contribution in [0, 0.1) is 6.92 Å². The fraction of sp³-hybridized carbons (Fsp3) is 0.136. The van der Waals surface area contributed by atoms with E-state index < -0.39 is 0 Å². The van der Waals surface area contributed by atoms with Crippen LogP contribution in [0.15, 0.2) is 73.1 Å². The predicted molar refractivity (Wildman–Crippen MR) is 108 cm³/mol. The summed E-state index contributed by atoms with van der Waals surface area (Å²) < 4.78 is 1.90. The molecule has 0 fully saturated rings. The van der Waals surface area contributed by atoms with Gasteiger partial charge in [0.05, 0.1) is 6.54 Å². The van der Waals surface area contributed by atoms with Crippen molar-refractivity contribution in [1.29, 1.82) is 0 Å². The highest BCUT2D eigenvalue weighted by Crippen LogP contribution is 2.24. The number of H-pyrrole nitrogens is 1. The number of hydrogen-bond acceptors (Lipinski definition) is 3. The lowest BCUT2D eigenvalue weighted by molar-refractivity contribution is 0.0946. The number of benzene rings is 2. The van der Waals surface area contributed by atoms with Crippen molar-refractivity contribution in [3.63, 3.8) is 0 Å². The third-order valence-electron chi connectivity index (χ3n) is 4.56. The molecule has 0 unspecified atom stereocenters. The molecule has 0 aliphatic rings. The van der Waals surface area contributed by atoms with Gasteiger partial charge in [-0.1, -0.05) is 48.5 Å². The SMILES string of the molecule is Cc1cc(C(=O)NCc2ccccc2-c2ccc(Cn3cccn3)cc2)n[nH]1. The van der Waals surface area contributed by atoms with Crippen molar-refractivity contribution < 1.29 is 4.79 Å². The molecule has 2 N–H and O–H groups in total. The van der Waals surface area contributed by atoms with E-state index >= 15 is 0 Å². The van der Waals surface area contributed by atoms with Gasteiger partial charge in [-0.25, -0.2) is 0 Å². The fourth-order valence-electron chi connectivity index (χ4n) is 3.13. The zero-order valence-corrected chi connectivity index (χ0v) is 15.6. The number of aromatic amines is 1. The van der Waals surface area contributed by atoms with Gasteiger partial charge in [-0.05, 0) is 41.3 Å². The molecule has 0 bridgehead atoms. The van der Waals surface area contributed by atoms with Crippen LogP contribution in [0.3, 0.4) is 0 Å². The van der Waals surface area contributed by atoms with E-state index in [1.165, 1.54) is 5.56 Å². The summed E-state index contributed by atoms with van der Waals surface area (Å²) in [5, 5.41) is 14.0. The largest absolute Gasteiger partial charge is 0.347 e. The van der Waals surface area contributed by atoms with E-state index in [4.69, 9.17) is 0 Å². The van der Waals surface area contributed by atoms with Gasteiger partial charge in [0.25, 0.3) is 5.91 Å². The van der Waals surface area contributed by atoms with Crippen molar-refractivity contribution in [2.75, 3.05) is 0 Å². The van der Waals surface area contributed by atoms with Gasteiger partial charge in [-0.15, -0.1) is 0 Å². The van der Waals surface area contributed by atoms with Crippen LogP contribution >= 0.6 is 0 Å². The molecule has 0 spiro atoms. The van der Waals surface area contributed by atoms with E-state index in [-0.39, 0.29) is 5.91 Å². The Bertz CT molecular complexity index is 1060. The molecule has 0 radical (unpaired) electrons. The van der Waals surface area contributed by atoms with Crippen LogP contribution in [0.1, 0.15) is 27.3 Å². The Labute approximate surface area is 163 Å². The molecular weight excluding hydrogens is 350 g/mol. The van der Waals surface area contributed by atoms with Crippen LogP contribution in [-0.2, 0) is 13.1 Å². The minimum Gasteiger partial charge on any atom is -0.347 e. The second kappa shape index (κ2) is 7.92. The van der Waals surface area contributed by atoms with Crippen molar-refractivity contribution in [2.45, 2.75) is 20.0 Å². The van der Waals surface area contributed by atoms with Gasteiger partial charge in [0.1, 0.15) is 5.69 Å². The fourth-order valence-corrected chi connectivity index (χ4v) is 3.13. The Morgan fingerprint density at radius 3 is 2.64 bits per heavy atom. The molecule has 0 saturated carbocycles. The molecule has 140 valence electrons. The summed E-state index contributed by atoms with van der Waals surface area (Å²) >= 11 is 0. The maximum atomic E-state index is 12.3. The monoisotopic (exact) mass is 371 g/mol. The van der Waals surface area contributed by atoms with Gasteiger partial charge in [-0.3, -0.25) is 14.6 Å². The van der Waals surface area contributed by atoms with E-state index in [9.17, 15) is 4.79 Å². The minimum atomic E-state index is -0.186. The van der Waals surface area contributed by atoms with E-state index in [0.29, 0.717) is 12.2 Å². The molecule has 0 atom stereocenters. The second-order valence-corrected chi connectivity index (χ2v) is 6.68.